The lowest BCUT2D eigenvalue weighted by molar-refractivity contribution is 0.245. The number of hydrogen-bond acceptors (Lipinski definition) is 4. The smallest absolute Gasteiger partial charge is 0.118 e. The summed E-state index contributed by atoms with van der Waals surface area (Å²) in [5, 5.41) is 0. The van der Waals surface area contributed by atoms with Crippen LogP contribution in [0.1, 0.15) is 16.5 Å². The molecule has 0 spiro atoms. The fraction of sp³-hybridized carbons (Fsp3) is 0.333. The normalized spacial score (nSPS) is 12.7. The quantitative estimate of drug-likeness (QED) is 0.887. The SMILES string of the molecule is COc1ccc(CN(C)C(CN)c2ccc(Cl)s2)cc1. The van der Waals surface area contributed by atoms with Gasteiger partial charge in [-0.2, -0.15) is 0 Å². The first-order chi connectivity index (χ1) is 9.63. The molecule has 0 aliphatic rings. The van der Waals surface area contributed by atoms with Crippen molar-refractivity contribution in [1.82, 2.24) is 4.90 Å². The number of halogens is 1. The molecule has 1 aromatic carbocycles. The van der Waals surface area contributed by atoms with Crippen molar-refractivity contribution in [1.29, 1.82) is 0 Å². The summed E-state index contributed by atoms with van der Waals surface area (Å²) < 4.78 is 5.97. The van der Waals surface area contributed by atoms with Gasteiger partial charge in [0.2, 0.25) is 0 Å². The van der Waals surface area contributed by atoms with E-state index in [9.17, 15) is 0 Å². The van der Waals surface area contributed by atoms with Crippen molar-refractivity contribution in [3.05, 3.63) is 51.2 Å². The van der Waals surface area contributed by atoms with Crippen molar-refractivity contribution in [2.45, 2.75) is 12.6 Å². The molecule has 0 bridgehead atoms. The molecular formula is C15H19ClN2OS. The second kappa shape index (κ2) is 7.09. The maximum atomic E-state index is 6.01. The number of rotatable bonds is 6. The van der Waals surface area contributed by atoms with Crippen LogP contribution in [0.3, 0.4) is 0 Å². The summed E-state index contributed by atoms with van der Waals surface area (Å²) in [4.78, 5) is 3.44. The molecule has 0 fully saturated rings. The van der Waals surface area contributed by atoms with E-state index in [0.29, 0.717) is 6.54 Å². The van der Waals surface area contributed by atoms with E-state index in [1.165, 1.54) is 10.4 Å². The summed E-state index contributed by atoms with van der Waals surface area (Å²) in [5.41, 5.74) is 7.15. The van der Waals surface area contributed by atoms with Gasteiger partial charge in [0.25, 0.3) is 0 Å². The van der Waals surface area contributed by atoms with Crippen molar-refractivity contribution in [3.8, 4) is 5.75 Å². The Morgan fingerprint density at radius 2 is 1.95 bits per heavy atom. The topological polar surface area (TPSA) is 38.5 Å². The summed E-state index contributed by atoms with van der Waals surface area (Å²) in [5.74, 6) is 0.872. The van der Waals surface area contributed by atoms with E-state index in [2.05, 4.69) is 30.1 Å². The zero-order valence-electron chi connectivity index (χ0n) is 11.7. The van der Waals surface area contributed by atoms with Crippen LogP contribution in [0, 0.1) is 0 Å². The molecule has 5 heteroatoms. The van der Waals surface area contributed by atoms with Crippen LogP contribution in [0.15, 0.2) is 36.4 Å². The molecule has 1 unspecified atom stereocenters. The minimum Gasteiger partial charge on any atom is -0.497 e. The van der Waals surface area contributed by atoms with Crippen LogP contribution in [0.5, 0.6) is 5.75 Å². The largest absolute Gasteiger partial charge is 0.497 e. The van der Waals surface area contributed by atoms with E-state index in [0.717, 1.165) is 16.6 Å². The number of likely N-dealkylation sites (N-methyl/N-ethyl adjacent to an activating group) is 1. The van der Waals surface area contributed by atoms with Crippen molar-refractivity contribution in [2.75, 3.05) is 20.7 Å². The molecule has 0 saturated carbocycles. The monoisotopic (exact) mass is 310 g/mol. The van der Waals surface area contributed by atoms with E-state index < -0.39 is 0 Å². The number of nitrogens with zero attached hydrogens (tertiary/aromatic N) is 1. The van der Waals surface area contributed by atoms with E-state index in [1.54, 1.807) is 18.4 Å². The predicted octanol–water partition coefficient (Wildman–Crippen LogP) is 3.54. The molecule has 0 radical (unpaired) electrons. The maximum Gasteiger partial charge on any atom is 0.118 e. The Morgan fingerprint density at radius 3 is 2.45 bits per heavy atom. The molecule has 2 rings (SSSR count). The zero-order chi connectivity index (χ0) is 14.5. The number of nitrogens with two attached hydrogens (primary N) is 1. The van der Waals surface area contributed by atoms with Crippen LogP contribution in [-0.4, -0.2) is 25.6 Å². The van der Waals surface area contributed by atoms with Gasteiger partial charge in [0.1, 0.15) is 5.75 Å². The summed E-state index contributed by atoms with van der Waals surface area (Å²) in [6.45, 7) is 1.41. The Kier molecular flexibility index (Phi) is 5.43. The molecule has 1 atom stereocenters. The summed E-state index contributed by atoms with van der Waals surface area (Å²) in [6, 6.07) is 12.3. The lowest BCUT2D eigenvalue weighted by Crippen LogP contribution is -2.29. The van der Waals surface area contributed by atoms with Gasteiger partial charge in [0.05, 0.1) is 17.5 Å². The lowest BCUT2D eigenvalue weighted by atomic mass is 10.1. The molecule has 0 amide bonds. The second-order valence-electron chi connectivity index (χ2n) is 4.66. The molecule has 0 saturated heterocycles. The van der Waals surface area contributed by atoms with Gasteiger partial charge >= 0.3 is 0 Å². The van der Waals surface area contributed by atoms with Gasteiger partial charge in [0, 0.05) is 18.0 Å². The third kappa shape index (κ3) is 3.73. The van der Waals surface area contributed by atoms with E-state index in [-0.39, 0.29) is 6.04 Å². The molecule has 2 aromatic rings. The Labute approximate surface area is 128 Å². The Balaban J connectivity index is 2.06. The second-order valence-corrected chi connectivity index (χ2v) is 6.40. The maximum absolute atomic E-state index is 6.01. The molecule has 1 heterocycles. The van der Waals surface area contributed by atoms with Gasteiger partial charge in [-0.25, -0.2) is 0 Å². The molecule has 108 valence electrons. The molecule has 3 nitrogen and oxygen atoms in total. The minimum absolute atomic E-state index is 0.189. The van der Waals surface area contributed by atoms with Crippen molar-refractivity contribution in [3.63, 3.8) is 0 Å². The molecule has 0 aliphatic carbocycles. The molecular weight excluding hydrogens is 292 g/mol. The number of ether oxygens (including phenoxy) is 1. The zero-order valence-corrected chi connectivity index (χ0v) is 13.2. The minimum atomic E-state index is 0.189. The van der Waals surface area contributed by atoms with Crippen LogP contribution < -0.4 is 10.5 Å². The van der Waals surface area contributed by atoms with Crippen LogP contribution in [0.4, 0.5) is 0 Å². The third-order valence-electron chi connectivity index (χ3n) is 3.27. The summed E-state index contributed by atoms with van der Waals surface area (Å²) >= 11 is 7.59. The number of thiophene rings is 1. The highest BCUT2D eigenvalue weighted by Gasteiger charge is 2.17. The van der Waals surface area contributed by atoms with E-state index in [4.69, 9.17) is 22.1 Å². The van der Waals surface area contributed by atoms with Crippen LogP contribution in [0.2, 0.25) is 4.34 Å². The average molecular weight is 311 g/mol. The molecule has 20 heavy (non-hydrogen) atoms. The Bertz CT molecular complexity index is 541. The predicted molar refractivity (Wildman–Crippen MR) is 85.6 cm³/mol. The first-order valence-corrected chi connectivity index (χ1v) is 7.62. The standard InChI is InChI=1S/C15H19ClN2OS/c1-18(10-11-3-5-12(19-2)6-4-11)13(9-17)14-7-8-15(16)20-14/h3-8,13H,9-10,17H2,1-2H3. The van der Waals surface area contributed by atoms with Gasteiger partial charge in [-0.05, 0) is 36.9 Å². The van der Waals surface area contributed by atoms with E-state index >= 15 is 0 Å². The van der Waals surface area contributed by atoms with Gasteiger partial charge in [-0.3, -0.25) is 4.90 Å². The Hall–Kier alpha value is -1.07. The molecule has 0 aliphatic heterocycles. The van der Waals surface area contributed by atoms with Crippen molar-refractivity contribution < 1.29 is 4.74 Å². The fourth-order valence-electron chi connectivity index (χ4n) is 2.15. The van der Waals surface area contributed by atoms with Gasteiger partial charge in [-0.15, -0.1) is 11.3 Å². The number of methoxy groups -OCH3 is 1. The third-order valence-corrected chi connectivity index (χ3v) is 4.60. The first kappa shape index (κ1) is 15.3. The summed E-state index contributed by atoms with van der Waals surface area (Å²) in [7, 11) is 3.75. The van der Waals surface area contributed by atoms with Gasteiger partial charge in [-0.1, -0.05) is 23.7 Å². The van der Waals surface area contributed by atoms with Crippen LogP contribution in [-0.2, 0) is 6.54 Å². The highest BCUT2D eigenvalue weighted by atomic mass is 35.5. The van der Waals surface area contributed by atoms with Crippen molar-refractivity contribution in [2.24, 2.45) is 5.73 Å². The van der Waals surface area contributed by atoms with Gasteiger partial charge < -0.3 is 10.5 Å². The Morgan fingerprint density at radius 1 is 1.25 bits per heavy atom. The molecule has 1 aromatic heterocycles. The van der Waals surface area contributed by atoms with E-state index in [1.807, 2.05) is 18.2 Å². The summed E-state index contributed by atoms with van der Waals surface area (Å²) in [6.07, 6.45) is 0. The van der Waals surface area contributed by atoms with Crippen LogP contribution >= 0.6 is 22.9 Å². The highest BCUT2D eigenvalue weighted by Crippen LogP contribution is 2.30. The fourth-order valence-corrected chi connectivity index (χ4v) is 3.39. The van der Waals surface area contributed by atoms with Crippen molar-refractivity contribution >= 4 is 22.9 Å². The average Bonchev–Trinajstić information content (AvgIpc) is 2.87. The number of hydrogen-bond donors (Lipinski definition) is 1. The lowest BCUT2D eigenvalue weighted by Gasteiger charge is -2.26. The number of benzene rings is 1. The highest BCUT2D eigenvalue weighted by molar-refractivity contribution is 7.16. The van der Waals surface area contributed by atoms with Crippen LogP contribution in [0.25, 0.3) is 0 Å². The first-order valence-electron chi connectivity index (χ1n) is 6.42. The van der Waals surface area contributed by atoms with Gasteiger partial charge in [0.15, 0.2) is 0 Å². The molecule has 2 N–H and O–H groups in total.